The molecule has 0 radical (unpaired) electrons. The highest BCUT2D eigenvalue weighted by Gasteiger charge is 2.15. The third kappa shape index (κ3) is 3.52. The van der Waals surface area contributed by atoms with E-state index in [-0.39, 0.29) is 5.69 Å². The van der Waals surface area contributed by atoms with Crippen LogP contribution in [0.25, 0.3) is 22.4 Å². The minimum Gasteiger partial charge on any atom is -0.396 e. The van der Waals surface area contributed by atoms with Gasteiger partial charge in [-0.2, -0.15) is 0 Å². The van der Waals surface area contributed by atoms with Gasteiger partial charge in [-0.1, -0.05) is 43.7 Å². The Morgan fingerprint density at radius 2 is 1.68 bits per heavy atom. The van der Waals surface area contributed by atoms with Gasteiger partial charge in [-0.25, -0.2) is 4.79 Å². The van der Waals surface area contributed by atoms with E-state index in [2.05, 4.69) is 25.6 Å². The number of hydrogen-bond acceptors (Lipinski definition) is 3. The summed E-state index contributed by atoms with van der Waals surface area (Å²) in [6.45, 7) is 11.3. The van der Waals surface area contributed by atoms with Crippen LogP contribution in [0.15, 0.2) is 52.3 Å². The van der Waals surface area contributed by atoms with Gasteiger partial charge in [0.15, 0.2) is 0 Å². The van der Waals surface area contributed by atoms with E-state index in [4.69, 9.17) is 5.73 Å². The summed E-state index contributed by atoms with van der Waals surface area (Å²) < 4.78 is 3.70. The number of aromatic nitrogens is 2. The Labute approximate surface area is 165 Å². The van der Waals surface area contributed by atoms with Crippen LogP contribution in [0.1, 0.15) is 43.4 Å². The molecule has 0 aliphatic heterocycles. The summed E-state index contributed by atoms with van der Waals surface area (Å²) in [5, 5.41) is 0. The lowest BCUT2D eigenvalue weighted by atomic mass is 10.0. The van der Waals surface area contributed by atoms with Gasteiger partial charge in [0.1, 0.15) is 0 Å². The molecule has 5 heteroatoms. The molecular formula is C23H28N4O. The van der Waals surface area contributed by atoms with Crippen LogP contribution in [-0.4, -0.2) is 15.9 Å². The number of aryl methyl sites for hydroxylation is 3. The molecule has 0 aliphatic rings. The topological polar surface area (TPSA) is 65.3 Å². The first-order valence-corrected chi connectivity index (χ1v) is 9.78. The molecule has 28 heavy (non-hydrogen) atoms. The molecular weight excluding hydrogens is 348 g/mol. The Morgan fingerprint density at radius 1 is 1.00 bits per heavy atom. The van der Waals surface area contributed by atoms with E-state index < -0.39 is 0 Å². The molecule has 0 unspecified atom stereocenters. The standard InChI is InChI=1S/C23H28N4O/c1-5-12-26-19-11-10-18(15-20(19)27(13-6-2)23(26)28)22(25-4)21(24)17-9-7-8-16(3)14-17/h7-11,14-15H,4-6,12-13,24H2,1-3H3/b22-21-. The number of fused-ring (bicyclic) bond motifs is 1. The highest BCUT2D eigenvalue weighted by molar-refractivity contribution is 5.92. The maximum absolute atomic E-state index is 12.9. The van der Waals surface area contributed by atoms with Crippen LogP contribution in [-0.2, 0) is 13.1 Å². The van der Waals surface area contributed by atoms with Crippen LogP contribution < -0.4 is 11.4 Å². The van der Waals surface area contributed by atoms with Gasteiger partial charge in [0, 0.05) is 18.7 Å². The van der Waals surface area contributed by atoms with Gasteiger partial charge in [-0.3, -0.25) is 14.1 Å². The summed E-state index contributed by atoms with van der Waals surface area (Å²) in [6, 6.07) is 14.0. The molecule has 0 aliphatic carbocycles. The second-order valence-electron chi connectivity index (χ2n) is 7.08. The van der Waals surface area contributed by atoms with Gasteiger partial charge in [0.2, 0.25) is 0 Å². The summed E-state index contributed by atoms with van der Waals surface area (Å²) >= 11 is 0. The Bertz CT molecular complexity index is 1100. The number of hydrogen-bond donors (Lipinski definition) is 1. The summed E-state index contributed by atoms with van der Waals surface area (Å²) in [7, 11) is 0. The lowest BCUT2D eigenvalue weighted by molar-refractivity contribution is 0.607. The largest absolute Gasteiger partial charge is 0.396 e. The molecule has 2 N–H and O–H groups in total. The minimum atomic E-state index is 0.0413. The van der Waals surface area contributed by atoms with Crippen LogP contribution in [0.2, 0.25) is 0 Å². The number of imidazole rings is 1. The predicted molar refractivity (Wildman–Crippen MR) is 119 cm³/mol. The van der Waals surface area contributed by atoms with Gasteiger partial charge < -0.3 is 5.73 Å². The van der Waals surface area contributed by atoms with Crippen molar-refractivity contribution in [3.8, 4) is 0 Å². The van der Waals surface area contributed by atoms with Crippen molar-refractivity contribution in [2.24, 2.45) is 10.7 Å². The molecule has 0 bridgehead atoms. The lowest BCUT2D eigenvalue weighted by Gasteiger charge is -2.10. The fourth-order valence-electron chi connectivity index (χ4n) is 3.63. The number of rotatable bonds is 7. The Hall–Kier alpha value is -3.08. The number of nitrogens with two attached hydrogens (primary N) is 1. The van der Waals surface area contributed by atoms with E-state index in [0.29, 0.717) is 24.5 Å². The average molecular weight is 377 g/mol. The molecule has 146 valence electrons. The van der Waals surface area contributed by atoms with Gasteiger partial charge in [-0.05, 0) is 50.2 Å². The second kappa shape index (κ2) is 8.30. The highest BCUT2D eigenvalue weighted by atomic mass is 16.1. The maximum atomic E-state index is 12.9. The molecule has 1 heterocycles. The SMILES string of the molecule is C=N/C(=C(\N)c1cccc(C)c1)c1ccc2c(c1)n(CCC)c(=O)n2CCC. The van der Waals surface area contributed by atoms with Crippen LogP contribution >= 0.6 is 0 Å². The first kappa shape index (κ1) is 19.7. The summed E-state index contributed by atoms with van der Waals surface area (Å²) in [5.41, 5.74) is 12.5. The third-order valence-electron chi connectivity index (χ3n) is 4.93. The Balaban J connectivity index is 2.22. The Morgan fingerprint density at radius 3 is 2.29 bits per heavy atom. The van der Waals surface area contributed by atoms with Gasteiger partial charge in [0.05, 0.1) is 22.4 Å². The lowest BCUT2D eigenvalue weighted by Crippen LogP contribution is -2.24. The average Bonchev–Trinajstić information content (AvgIpc) is 2.94. The summed E-state index contributed by atoms with van der Waals surface area (Å²) in [6.07, 6.45) is 1.80. The first-order chi connectivity index (χ1) is 13.5. The van der Waals surface area contributed by atoms with E-state index in [0.717, 1.165) is 40.6 Å². The van der Waals surface area contributed by atoms with Gasteiger partial charge in [0.25, 0.3) is 0 Å². The molecule has 0 saturated heterocycles. The van der Waals surface area contributed by atoms with Crippen molar-refractivity contribution in [1.29, 1.82) is 0 Å². The fourth-order valence-corrected chi connectivity index (χ4v) is 3.63. The molecule has 0 saturated carbocycles. The molecule has 0 atom stereocenters. The minimum absolute atomic E-state index is 0.0413. The van der Waals surface area contributed by atoms with Crippen molar-refractivity contribution in [3.05, 3.63) is 69.6 Å². The molecule has 0 spiro atoms. The van der Waals surface area contributed by atoms with E-state index in [1.165, 1.54) is 0 Å². The Kier molecular flexibility index (Phi) is 5.83. The molecule has 3 aromatic rings. The molecule has 2 aromatic carbocycles. The smallest absolute Gasteiger partial charge is 0.329 e. The van der Waals surface area contributed by atoms with Crippen LogP contribution in [0.3, 0.4) is 0 Å². The molecule has 1 aromatic heterocycles. The van der Waals surface area contributed by atoms with Crippen molar-refractivity contribution >= 4 is 29.1 Å². The predicted octanol–water partition coefficient (Wildman–Crippen LogP) is 4.42. The number of benzene rings is 2. The van der Waals surface area contributed by atoms with E-state index in [1.54, 1.807) is 0 Å². The van der Waals surface area contributed by atoms with E-state index >= 15 is 0 Å². The molecule has 3 rings (SSSR count). The quantitative estimate of drug-likeness (QED) is 0.490. The van der Waals surface area contributed by atoms with Crippen molar-refractivity contribution in [2.75, 3.05) is 0 Å². The second-order valence-corrected chi connectivity index (χ2v) is 7.08. The number of nitrogens with zero attached hydrogens (tertiary/aromatic N) is 3. The molecule has 5 nitrogen and oxygen atoms in total. The summed E-state index contributed by atoms with van der Waals surface area (Å²) in [4.78, 5) is 17.1. The van der Waals surface area contributed by atoms with E-state index in [9.17, 15) is 4.79 Å². The zero-order valence-corrected chi connectivity index (χ0v) is 16.9. The fraction of sp³-hybridized carbons (Fsp3) is 0.304. The van der Waals surface area contributed by atoms with Crippen molar-refractivity contribution in [1.82, 2.24) is 9.13 Å². The summed E-state index contributed by atoms with van der Waals surface area (Å²) in [5.74, 6) is 0. The van der Waals surface area contributed by atoms with Crippen molar-refractivity contribution in [2.45, 2.75) is 46.7 Å². The maximum Gasteiger partial charge on any atom is 0.329 e. The van der Waals surface area contributed by atoms with Gasteiger partial charge in [-0.15, -0.1) is 0 Å². The molecule has 0 fully saturated rings. The zero-order chi connectivity index (χ0) is 20.3. The molecule has 0 amide bonds. The van der Waals surface area contributed by atoms with Crippen molar-refractivity contribution in [3.63, 3.8) is 0 Å². The van der Waals surface area contributed by atoms with Crippen molar-refractivity contribution < 1.29 is 0 Å². The van der Waals surface area contributed by atoms with Crippen LogP contribution in [0.4, 0.5) is 0 Å². The highest BCUT2D eigenvalue weighted by Crippen LogP contribution is 2.27. The van der Waals surface area contributed by atoms with Crippen LogP contribution in [0, 0.1) is 6.92 Å². The van der Waals surface area contributed by atoms with Gasteiger partial charge >= 0.3 is 5.69 Å². The zero-order valence-electron chi connectivity index (χ0n) is 16.9. The normalized spacial score (nSPS) is 12.2. The van der Waals surface area contributed by atoms with E-state index in [1.807, 2.05) is 58.5 Å². The first-order valence-electron chi connectivity index (χ1n) is 9.78. The monoisotopic (exact) mass is 376 g/mol. The van der Waals surface area contributed by atoms with Crippen LogP contribution in [0.5, 0.6) is 0 Å². The third-order valence-corrected chi connectivity index (χ3v) is 4.93. The number of aliphatic imine (C=N–C) groups is 1.